The fourth-order valence-electron chi connectivity index (χ4n) is 3.73. The number of fused-ring (bicyclic) bond motifs is 2. The van der Waals surface area contributed by atoms with Gasteiger partial charge in [0.05, 0.1) is 11.1 Å². The normalized spacial score (nSPS) is 18.3. The summed E-state index contributed by atoms with van der Waals surface area (Å²) in [6.45, 7) is 0. The summed E-state index contributed by atoms with van der Waals surface area (Å²) in [5, 5.41) is -0.00494. The lowest BCUT2D eigenvalue weighted by Crippen LogP contribution is -2.43. The molecule has 0 N–H and O–H groups in total. The van der Waals surface area contributed by atoms with Crippen LogP contribution in [0.5, 0.6) is 0 Å². The smallest absolute Gasteiger partial charge is 0.285 e. The third kappa shape index (κ3) is 3.14. The van der Waals surface area contributed by atoms with Gasteiger partial charge in [-0.05, 0) is 66.4 Å². The molecule has 2 aromatic rings. The van der Waals surface area contributed by atoms with E-state index in [1.165, 1.54) is 22.2 Å². The maximum absolute atomic E-state index is 12.7. The summed E-state index contributed by atoms with van der Waals surface area (Å²) in [7, 11) is 3.47. The van der Waals surface area contributed by atoms with Crippen molar-refractivity contribution in [1.82, 2.24) is 9.80 Å². The molecule has 0 saturated carbocycles. The number of imide groups is 1. The molecule has 0 fully saturated rings. The van der Waals surface area contributed by atoms with Crippen LogP contribution in [0, 0.1) is 0 Å². The highest BCUT2D eigenvalue weighted by molar-refractivity contribution is 8.13. The van der Waals surface area contributed by atoms with Gasteiger partial charge in [0, 0.05) is 25.0 Å². The van der Waals surface area contributed by atoms with Gasteiger partial charge in [0.1, 0.15) is 0 Å². The second-order valence-electron chi connectivity index (χ2n) is 7.12. The van der Waals surface area contributed by atoms with E-state index in [9.17, 15) is 14.4 Å². The lowest BCUT2D eigenvalue weighted by molar-refractivity contribution is 0.0571. The molecule has 0 saturated heterocycles. The maximum Gasteiger partial charge on any atom is 0.285 e. The number of nitrogens with zero attached hydrogens (tertiary/aromatic N) is 2. The van der Waals surface area contributed by atoms with Gasteiger partial charge < -0.3 is 4.90 Å². The van der Waals surface area contributed by atoms with E-state index < -0.39 is 0 Å². The highest BCUT2D eigenvalue weighted by Gasteiger charge is 2.40. The number of amides is 3. The molecule has 0 aromatic heterocycles. The average Bonchev–Trinajstić information content (AvgIpc) is 2.92. The second kappa shape index (κ2) is 6.85. The first-order valence-electron chi connectivity index (χ1n) is 8.93. The predicted octanol–water partition coefficient (Wildman–Crippen LogP) is 3.61. The van der Waals surface area contributed by atoms with Crippen LogP contribution in [-0.2, 0) is 12.8 Å². The molecule has 138 valence electrons. The van der Waals surface area contributed by atoms with E-state index in [0.29, 0.717) is 17.5 Å². The van der Waals surface area contributed by atoms with Gasteiger partial charge in [0.15, 0.2) is 0 Å². The van der Waals surface area contributed by atoms with Crippen LogP contribution in [0.3, 0.4) is 0 Å². The van der Waals surface area contributed by atoms with Crippen LogP contribution in [0.1, 0.15) is 38.3 Å². The van der Waals surface area contributed by atoms with Crippen LogP contribution in [0.4, 0.5) is 4.79 Å². The summed E-state index contributed by atoms with van der Waals surface area (Å²) in [6, 6.07) is 12.9. The zero-order chi connectivity index (χ0) is 19.1. The fourth-order valence-corrected chi connectivity index (χ4v) is 4.45. The number of carbonyl (C=O) groups is 3. The zero-order valence-corrected chi connectivity index (χ0v) is 16.1. The van der Waals surface area contributed by atoms with E-state index in [-0.39, 0.29) is 23.1 Å². The second-order valence-corrected chi connectivity index (χ2v) is 8.14. The molecule has 4 rings (SSSR count). The molecule has 3 amide bonds. The summed E-state index contributed by atoms with van der Waals surface area (Å²) in [5.41, 5.74) is 3.34. The van der Waals surface area contributed by atoms with E-state index in [4.69, 9.17) is 0 Å². The van der Waals surface area contributed by atoms with Crippen LogP contribution in [0.25, 0.3) is 0 Å². The zero-order valence-electron chi connectivity index (χ0n) is 15.3. The molecule has 5 nitrogen and oxygen atoms in total. The van der Waals surface area contributed by atoms with Crippen molar-refractivity contribution in [3.8, 4) is 0 Å². The van der Waals surface area contributed by atoms with Gasteiger partial charge in [-0.1, -0.05) is 18.2 Å². The molecule has 1 heterocycles. The Hall–Kier alpha value is -2.60. The number of hydrogen-bond donors (Lipinski definition) is 0. The average molecular weight is 380 g/mol. The summed E-state index contributed by atoms with van der Waals surface area (Å²) >= 11 is 1.21. The molecule has 0 spiro atoms. The van der Waals surface area contributed by atoms with Crippen molar-refractivity contribution in [2.75, 3.05) is 14.1 Å². The first-order valence-corrected chi connectivity index (χ1v) is 9.75. The molecule has 1 unspecified atom stereocenters. The monoisotopic (exact) mass is 380 g/mol. The molecule has 1 aliphatic carbocycles. The summed E-state index contributed by atoms with van der Waals surface area (Å²) in [6.07, 6.45) is 2.19. The van der Waals surface area contributed by atoms with Gasteiger partial charge in [-0.2, -0.15) is 0 Å². The molecular weight excluding hydrogens is 360 g/mol. The third-order valence-corrected chi connectivity index (χ3v) is 6.17. The van der Waals surface area contributed by atoms with Crippen molar-refractivity contribution in [3.63, 3.8) is 0 Å². The first-order chi connectivity index (χ1) is 13.0. The first kappa shape index (κ1) is 17.8. The van der Waals surface area contributed by atoms with Gasteiger partial charge in [0.25, 0.3) is 17.1 Å². The molecule has 0 bridgehead atoms. The van der Waals surface area contributed by atoms with E-state index in [2.05, 4.69) is 6.07 Å². The Kier molecular flexibility index (Phi) is 4.52. The Morgan fingerprint density at radius 3 is 2.33 bits per heavy atom. The van der Waals surface area contributed by atoms with Crippen molar-refractivity contribution in [3.05, 3.63) is 64.7 Å². The van der Waals surface area contributed by atoms with Crippen molar-refractivity contribution >= 4 is 28.8 Å². The van der Waals surface area contributed by atoms with E-state index in [1.807, 2.05) is 12.1 Å². The highest BCUT2D eigenvalue weighted by atomic mass is 32.2. The number of benzene rings is 2. The Labute approximate surface area is 162 Å². The lowest BCUT2D eigenvalue weighted by Gasteiger charge is -2.31. The molecule has 0 radical (unpaired) electrons. The maximum atomic E-state index is 12.7. The Bertz CT molecular complexity index is 919. The van der Waals surface area contributed by atoms with Crippen molar-refractivity contribution < 1.29 is 14.4 Å². The topological polar surface area (TPSA) is 57.7 Å². The lowest BCUT2D eigenvalue weighted by atomic mass is 9.87. The van der Waals surface area contributed by atoms with Crippen molar-refractivity contribution in [2.24, 2.45) is 0 Å². The molecule has 2 aliphatic rings. The van der Waals surface area contributed by atoms with Gasteiger partial charge in [-0.15, -0.1) is 0 Å². The number of rotatable bonds is 2. The van der Waals surface area contributed by atoms with Crippen LogP contribution in [-0.4, -0.2) is 47.0 Å². The van der Waals surface area contributed by atoms with Crippen molar-refractivity contribution in [2.45, 2.75) is 30.2 Å². The van der Waals surface area contributed by atoms with E-state index in [0.717, 1.165) is 23.3 Å². The minimum Gasteiger partial charge on any atom is -0.339 e. The third-order valence-electron chi connectivity index (χ3n) is 5.14. The Morgan fingerprint density at radius 1 is 1.04 bits per heavy atom. The van der Waals surface area contributed by atoms with Crippen LogP contribution in [0.15, 0.2) is 47.4 Å². The quantitative estimate of drug-likeness (QED) is 0.590. The largest absolute Gasteiger partial charge is 0.339 e. The number of hydrogen-bond acceptors (Lipinski definition) is 4. The number of thioether (sulfide) groups is 1. The highest BCUT2D eigenvalue weighted by Crippen LogP contribution is 2.33. The SMILES string of the molecule is CN(C)C(=O)Sc1ccc2c(c1)CCC(N1C(=O)c3ccccc3C1=O)C2. The predicted molar refractivity (Wildman–Crippen MR) is 104 cm³/mol. The van der Waals surface area contributed by atoms with Gasteiger partial charge >= 0.3 is 0 Å². The molecular formula is C21H20N2O3S. The minimum atomic E-state index is -0.187. The van der Waals surface area contributed by atoms with Crippen LogP contribution < -0.4 is 0 Å². The minimum absolute atomic E-state index is 0.00494. The van der Waals surface area contributed by atoms with Gasteiger partial charge in [-0.25, -0.2) is 0 Å². The molecule has 2 aromatic carbocycles. The Morgan fingerprint density at radius 2 is 1.70 bits per heavy atom. The molecule has 1 aliphatic heterocycles. The van der Waals surface area contributed by atoms with E-state index >= 15 is 0 Å². The molecule has 27 heavy (non-hydrogen) atoms. The number of aryl methyl sites for hydroxylation is 1. The molecule has 1 atom stereocenters. The summed E-state index contributed by atoms with van der Waals surface area (Å²) in [5.74, 6) is -0.374. The number of carbonyl (C=O) groups excluding carboxylic acids is 3. The van der Waals surface area contributed by atoms with Crippen LogP contribution in [0.2, 0.25) is 0 Å². The fraction of sp³-hybridized carbons (Fsp3) is 0.286. The Balaban J connectivity index is 1.54. The van der Waals surface area contributed by atoms with Crippen molar-refractivity contribution in [1.29, 1.82) is 0 Å². The molecule has 6 heteroatoms. The van der Waals surface area contributed by atoms with Gasteiger partial charge in [-0.3, -0.25) is 19.3 Å². The summed E-state index contributed by atoms with van der Waals surface area (Å²) < 4.78 is 0. The summed E-state index contributed by atoms with van der Waals surface area (Å²) in [4.78, 5) is 41.2. The van der Waals surface area contributed by atoms with Gasteiger partial charge in [0.2, 0.25) is 0 Å². The van der Waals surface area contributed by atoms with Crippen LogP contribution >= 0.6 is 11.8 Å². The standard InChI is InChI=1S/C21H20N2O3S/c1-22(2)21(26)27-16-10-8-13-11-15(9-7-14(13)12-16)23-19(24)17-5-3-4-6-18(17)20(23)25/h3-6,8,10,12,15H,7,9,11H2,1-2H3. The van der Waals surface area contributed by atoms with E-state index in [1.54, 1.807) is 43.3 Å².